The number of aromatic nitrogens is 3. The molecule has 0 saturated carbocycles. The van der Waals surface area contributed by atoms with E-state index in [1.807, 2.05) is 6.92 Å². The van der Waals surface area contributed by atoms with Crippen molar-refractivity contribution in [3.8, 4) is 0 Å². The SMILES string of the molecule is Cc1nc2c(C(=O)Nc3ccc(C(F)(F)F)cc3)cnn2c2c1CCC2. The molecule has 1 aliphatic carbocycles. The van der Waals surface area contributed by atoms with Gasteiger partial charge in [-0.2, -0.15) is 18.3 Å². The number of amides is 1. The van der Waals surface area contributed by atoms with Crippen LogP contribution in [0.15, 0.2) is 30.5 Å². The number of hydrogen-bond donors (Lipinski definition) is 1. The molecule has 0 fully saturated rings. The van der Waals surface area contributed by atoms with E-state index in [2.05, 4.69) is 15.4 Å². The summed E-state index contributed by atoms with van der Waals surface area (Å²) in [5.41, 5.74) is 3.40. The Morgan fingerprint density at radius 3 is 2.62 bits per heavy atom. The zero-order chi connectivity index (χ0) is 18.5. The van der Waals surface area contributed by atoms with E-state index >= 15 is 0 Å². The number of anilines is 1. The predicted octanol–water partition coefficient (Wildman–Crippen LogP) is 3.80. The summed E-state index contributed by atoms with van der Waals surface area (Å²) in [6.07, 6.45) is -0.0929. The Labute approximate surface area is 146 Å². The van der Waals surface area contributed by atoms with Crippen LogP contribution in [-0.4, -0.2) is 20.5 Å². The monoisotopic (exact) mass is 360 g/mol. The van der Waals surface area contributed by atoms with Crippen LogP contribution in [0, 0.1) is 6.92 Å². The molecule has 1 aromatic carbocycles. The molecule has 1 amide bonds. The second-order valence-corrected chi connectivity index (χ2v) is 6.30. The van der Waals surface area contributed by atoms with Crippen LogP contribution in [0.4, 0.5) is 18.9 Å². The summed E-state index contributed by atoms with van der Waals surface area (Å²) in [5.74, 6) is -0.454. The van der Waals surface area contributed by atoms with Gasteiger partial charge in [0.05, 0.1) is 11.8 Å². The third kappa shape index (κ3) is 2.71. The number of rotatable bonds is 2. The molecule has 0 unspecified atom stereocenters. The molecule has 0 bridgehead atoms. The summed E-state index contributed by atoms with van der Waals surface area (Å²) in [7, 11) is 0. The van der Waals surface area contributed by atoms with Crippen LogP contribution in [0.5, 0.6) is 0 Å². The standard InChI is InChI=1S/C18H15F3N4O/c1-10-13-3-2-4-15(13)25-16(23-10)14(9-22-25)17(26)24-12-7-5-11(6-8-12)18(19,20)21/h5-9H,2-4H2,1H3,(H,24,26). The Kier molecular flexibility index (Phi) is 3.71. The summed E-state index contributed by atoms with van der Waals surface area (Å²) in [5, 5.41) is 6.89. The van der Waals surface area contributed by atoms with Gasteiger partial charge in [-0.3, -0.25) is 4.79 Å². The Bertz CT molecular complexity index is 1010. The zero-order valence-corrected chi connectivity index (χ0v) is 13.9. The normalized spacial score (nSPS) is 13.8. The first kappa shape index (κ1) is 16.6. The first-order valence-corrected chi connectivity index (χ1v) is 8.19. The molecule has 26 heavy (non-hydrogen) atoms. The van der Waals surface area contributed by atoms with Gasteiger partial charge in [0, 0.05) is 17.1 Å². The highest BCUT2D eigenvalue weighted by atomic mass is 19.4. The molecule has 4 rings (SSSR count). The van der Waals surface area contributed by atoms with Crippen molar-refractivity contribution in [3.05, 3.63) is 58.5 Å². The van der Waals surface area contributed by atoms with Gasteiger partial charge in [0.1, 0.15) is 5.56 Å². The fourth-order valence-corrected chi connectivity index (χ4v) is 3.33. The van der Waals surface area contributed by atoms with Gasteiger partial charge in [-0.25, -0.2) is 9.50 Å². The van der Waals surface area contributed by atoms with Crippen LogP contribution in [-0.2, 0) is 19.0 Å². The van der Waals surface area contributed by atoms with Crippen molar-refractivity contribution in [2.45, 2.75) is 32.4 Å². The Hall–Kier alpha value is -2.90. The molecule has 1 N–H and O–H groups in total. The van der Waals surface area contributed by atoms with E-state index in [0.717, 1.165) is 42.8 Å². The minimum atomic E-state index is -4.41. The summed E-state index contributed by atoms with van der Waals surface area (Å²) >= 11 is 0. The largest absolute Gasteiger partial charge is 0.416 e. The number of fused-ring (bicyclic) bond motifs is 3. The summed E-state index contributed by atoms with van der Waals surface area (Å²) in [6, 6.07) is 4.31. The van der Waals surface area contributed by atoms with Gasteiger partial charge in [0.15, 0.2) is 5.65 Å². The maximum atomic E-state index is 12.6. The molecule has 0 spiro atoms. The molecule has 5 nitrogen and oxygen atoms in total. The van der Waals surface area contributed by atoms with Crippen molar-refractivity contribution in [2.24, 2.45) is 0 Å². The molecular formula is C18H15F3N4O. The lowest BCUT2D eigenvalue weighted by atomic mass is 10.2. The summed E-state index contributed by atoms with van der Waals surface area (Å²) < 4.78 is 39.6. The highest BCUT2D eigenvalue weighted by molar-refractivity contribution is 6.08. The van der Waals surface area contributed by atoms with Gasteiger partial charge in [-0.15, -0.1) is 0 Å². The first-order chi connectivity index (χ1) is 12.3. The highest BCUT2D eigenvalue weighted by Gasteiger charge is 2.30. The number of carbonyl (C=O) groups excluding carboxylic acids is 1. The molecule has 0 aliphatic heterocycles. The molecule has 2 heterocycles. The lowest BCUT2D eigenvalue weighted by Crippen LogP contribution is -2.13. The van der Waals surface area contributed by atoms with E-state index in [9.17, 15) is 18.0 Å². The van der Waals surface area contributed by atoms with Crippen LogP contribution in [0.25, 0.3) is 5.65 Å². The second kappa shape index (κ2) is 5.82. The van der Waals surface area contributed by atoms with Crippen molar-refractivity contribution in [3.63, 3.8) is 0 Å². The average Bonchev–Trinajstić information content (AvgIpc) is 3.21. The molecular weight excluding hydrogens is 345 g/mol. The van der Waals surface area contributed by atoms with E-state index < -0.39 is 17.6 Å². The van der Waals surface area contributed by atoms with Gasteiger partial charge in [-0.05, 0) is 56.0 Å². The van der Waals surface area contributed by atoms with Gasteiger partial charge < -0.3 is 5.32 Å². The molecule has 0 radical (unpaired) electrons. The highest BCUT2D eigenvalue weighted by Crippen LogP contribution is 2.30. The maximum absolute atomic E-state index is 12.6. The van der Waals surface area contributed by atoms with E-state index in [0.29, 0.717) is 11.2 Å². The van der Waals surface area contributed by atoms with Gasteiger partial charge >= 0.3 is 6.18 Å². The quantitative estimate of drug-likeness (QED) is 0.756. The van der Waals surface area contributed by atoms with E-state index in [-0.39, 0.29) is 5.69 Å². The van der Waals surface area contributed by atoms with Gasteiger partial charge in [0.25, 0.3) is 5.91 Å². The van der Waals surface area contributed by atoms with Crippen LogP contribution in [0.2, 0.25) is 0 Å². The number of benzene rings is 1. The molecule has 134 valence electrons. The Morgan fingerprint density at radius 1 is 1.19 bits per heavy atom. The number of halogens is 3. The van der Waals surface area contributed by atoms with Crippen LogP contribution < -0.4 is 5.32 Å². The van der Waals surface area contributed by atoms with Crippen molar-refractivity contribution in [1.82, 2.24) is 14.6 Å². The topological polar surface area (TPSA) is 59.3 Å². The number of nitrogens with zero attached hydrogens (tertiary/aromatic N) is 3. The molecule has 0 saturated heterocycles. The summed E-state index contributed by atoms with van der Waals surface area (Å²) in [4.78, 5) is 17.1. The number of aryl methyl sites for hydroxylation is 2. The molecule has 8 heteroatoms. The summed E-state index contributed by atoms with van der Waals surface area (Å²) in [6.45, 7) is 1.91. The number of nitrogens with one attached hydrogen (secondary N) is 1. The predicted molar refractivity (Wildman–Crippen MR) is 89.1 cm³/mol. The van der Waals surface area contributed by atoms with Crippen LogP contribution >= 0.6 is 0 Å². The zero-order valence-electron chi connectivity index (χ0n) is 13.9. The average molecular weight is 360 g/mol. The minimum absolute atomic E-state index is 0.278. The van der Waals surface area contributed by atoms with Gasteiger partial charge in [-0.1, -0.05) is 0 Å². The Morgan fingerprint density at radius 2 is 1.92 bits per heavy atom. The first-order valence-electron chi connectivity index (χ1n) is 8.19. The fraction of sp³-hybridized carbons (Fsp3) is 0.278. The van der Waals surface area contributed by atoms with Crippen LogP contribution in [0.1, 0.15) is 39.3 Å². The fourth-order valence-electron chi connectivity index (χ4n) is 3.33. The van der Waals surface area contributed by atoms with E-state index in [1.54, 1.807) is 4.52 Å². The van der Waals surface area contributed by atoms with Crippen LogP contribution in [0.3, 0.4) is 0 Å². The maximum Gasteiger partial charge on any atom is 0.416 e. The Balaban J connectivity index is 1.64. The molecule has 0 atom stereocenters. The van der Waals surface area contributed by atoms with E-state index in [1.165, 1.54) is 23.9 Å². The van der Waals surface area contributed by atoms with Crippen molar-refractivity contribution < 1.29 is 18.0 Å². The number of carbonyl (C=O) groups is 1. The lowest BCUT2D eigenvalue weighted by Gasteiger charge is -2.09. The third-order valence-corrected chi connectivity index (χ3v) is 4.61. The van der Waals surface area contributed by atoms with Crippen molar-refractivity contribution >= 4 is 17.2 Å². The van der Waals surface area contributed by atoms with E-state index in [4.69, 9.17) is 0 Å². The van der Waals surface area contributed by atoms with Gasteiger partial charge in [0.2, 0.25) is 0 Å². The minimum Gasteiger partial charge on any atom is -0.322 e. The smallest absolute Gasteiger partial charge is 0.322 e. The number of alkyl halides is 3. The molecule has 1 aliphatic rings. The van der Waals surface area contributed by atoms with Crippen molar-refractivity contribution in [1.29, 1.82) is 0 Å². The molecule has 3 aromatic rings. The van der Waals surface area contributed by atoms with Crippen molar-refractivity contribution in [2.75, 3.05) is 5.32 Å². The number of hydrogen-bond acceptors (Lipinski definition) is 3. The third-order valence-electron chi connectivity index (χ3n) is 4.61. The lowest BCUT2D eigenvalue weighted by molar-refractivity contribution is -0.137. The molecule has 2 aromatic heterocycles. The second-order valence-electron chi connectivity index (χ2n) is 6.30.